The Morgan fingerprint density at radius 1 is 1.37 bits per heavy atom. The second-order valence-electron chi connectivity index (χ2n) is 5.05. The summed E-state index contributed by atoms with van der Waals surface area (Å²) in [5.41, 5.74) is 6.84. The van der Waals surface area contributed by atoms with Crippen molar-refractivity contribution in [3.05, 3.63) is 22.2 Å². The summed E-state index contributed by atoms with van der Waals surface area (Å²) >= 11 is 3.27. The molecule has 108 valence electrons. The average Bonchev–Trinajstić information content (AvgIpc) is 2.29. The lowest BCUT2D eigenvalue weighted by atomic mass is 10.1. The van der Waals surface area contributed by atoms with Crippen molar-refractivity contribution in [2.24, 2.45) is 5.92 Å². The zero-order valence-electron chi connectivity index (χ0n) is 11.5. The summed E-state index contributed by atoms with van der Waals surface area (Å²) in [6.07, 6.45) is 1.83. The van der Waals surface area contributed by atoms with Crippen molar-refractivity contribution in [2.45, 2.75) is 38.5 Å². The van der Waals surface area contributed by atoms with Crippen molar-refractivity contribution in [3.8, 4) is 0 Å². The van der Waals surface area contributed by atoms with E-state index in [9.17, 15) is 8.42 Å². The summed E-state index contributed by atoms with van der Waals surface area (Å²) in [4.78, 5) is 0.240. The van der Waals surface area contributed by atoms with Crippen LogP contribution in [0.4, 0.5) is 5.69 Å². The highest BCUT2D eigenvalue weighted by atomic mass is 79.9. The first-order valence-corrected chi connectivity index (χ1v) is 8.57. The van der Waals surface area contributed by atoms with E-state index in [-0.39, 0.29) is 4.90 Å². The van der Waals surface area contributed by atoms with Gasteiger partial charge in [-0.3, -0.25) is 0 Å². The van der Waals surface area contributed by atoms with E-state index < -0.39 is 10.0 Å². The molecule has 0 aromatic heterocycles. The van der Waals surface area contributed by atoms with Gasteiger partial charge in [0.2, 0.25) is 10.0 Å². The van der Waals surface area contributed by atoms with Crippen LogP contribution in [0.25, 0.3) is 0 Å². The van der Waals surface area contributed by atoms with E-state index in [1.807, 2.05) is 0 Å². The topological polar surface area (TPSA) is 72.2 Å². The minimum atomic E-state index is -3.49. The Bertz CT molecular complexity index is 542. The molecule has 4 nitrogen and oxygen atoms in total. The van der Waals surface area contributed by atoms with Crippen molar-refractivity contribution < 1.29 is 8.42 Å². The maximum absolute atomic E-state index is 12.2. The zero-order chi connectivity index (χ0) is 14.6. The van der Waals surface area contributed by atoms with Crippen LogP contribution < -0.4 is 10.5 Å². The molecular weight excluding hydrogens is 328 g/mol. The standard InChI is InChI=1S/C13H21BrN2O2S/c1-9(2)5-4-6-16-19(17,18)13-8-11(14)7-12(15)10(13)3/h7-9,16H,4-6,15H2,1-3H3. The normalized spacial score (nSPS) is 12.1. The summed E-state index contributed by atoms with van der Waals surface area (Å²) in [5.74, 6) is 0.577. The van der Waals surface area contributed by atoms with E-state index in [0.29, 0.717) is 28.2 Å². The molecule has 0 unspecified atom stereocenters. The van der Waals surface area contributed by atoms with E-state index in [1.54, 1.807) is 19.1 Å². The molecule has 0 aliphatic heterocycles. The lowest BCUT2D eigenvalue weighted by Gasteiger charge is -2.12. The predicted molar refractivity (Wildman–Crippen MR) is 82.6 cm³/mol. The van der Waals surface area contributed by atoms with Gasteiger partial charge >= 0.3 is 0 Å². The summed E-state index contributed by atoms with van der Waals surface area (Å²) in [5, 5.41) is 0. The number of nitrogen functional groups attached to an aromatic ring is 1. The molecule has 0 saturated carbocycles. The van der Waals surface area contributed by atoms with Crippen molar-refractivity contribution in [3.63, 3.8) is 0 Å². The van der Waals surface area contributed by atoms with Gasteiger partial charge < -0.3 is 5.73 Å². The Morgan fingerprint density at radius 2 is 2.00 bits per heavy atom. The fourth-order valence-corrected chi connectivity index (χ4v) is 3.75. The molecule has 0 aliphatic rings. The SMILES string of the molecule is Cc1c(N)cc(Br)cc1S(=O)(=O)NCCCC(C)C. The third kappa shape index (κ3) is 4.78. The molecule has 19 heavy (non-hydrogen) atoms. The van der Waals surface area contributed by atoms with Gasteiger partial charge in [-0.05, 0) is 43.4 Å². The first-order chi connectivity index (χ1) is 8.74. The van der Waals surface area contributed by atoms with Gasteiger partial charge in [0.05, 0.1) is 4.90 Å². The first-order valence-electron chi connectivity index (χ1n) is 6.29. The Kier molecular flexibility index (Phi) is 5.82. The smallest absolute Gasteiger partial charge is 0.240 e. The molecule has 0 atom stereocenters. The number of benzene rings is 1. The highest BCUT2D eigenvalue weighted by molar-refractivity contribution is 9.10. The van der Waals surface area contributed by atoms with Crippen LogP contribution in [0.15, 0.2) is 21.5 Å². The van der Waals surface area contributed by atoms with Gasteiger partial charge in [-0.25, -0.2) is 13.1 Å². The average molecular weight is 349 g/mol. The number of rotatable bonds is 6. The Morgan fingerprint density at radius 3 is 2.58 bits per heavy atom. The van der Waals surface area contributed by atoms with Crippen LogP contribution in [0.3, 0.4) is 0 Å². The molecule has 6 heteroatoms. The van der Waals surface area contributed by atoms with Crippen molar-refractivity contribution in [2.75, 3.05) is 12.3 Å². The summed E-state index contributed by atoms with van der Waals surface area (Å²) in [7, 11) is -3.49. The molecular formula is C13H21BrN2O2S. The van der Waals surface area contributed by atoms with Gasteiger partial charge in [0, 0.05) is 16.7 Å². The zero-order valence-corrected chi connectivity index (χ0v) is 13.9. The Balaban J connectivity index is 2.83. The fourth-order valence-electron chi connectivity index (χ4n) is 1.75. The first kappa shape index (κ1) is 16.5. The number of nitrogens with two attached hydrogens (primary N) is 1. The lowest BCUT2D eigenvalue weighted by molar-refractivity contribution is 0.539. The molecule has 1 aromatic carbocycles. The van der Waals surface area contributed by atoms with Gasteiger partial charge in [0.1, 0.15) is 0 Å². The number of nitrogens with one attached hydrogen (secondary N) is 1. The van der Waals surface area contributed by atoms with Crippen LogP contribution in [0.2, 0.25) is 0 Å². The van der Waals surface area contributed by atoms with E-state index in [1.165, 1.54) is 0 Å². The van der Waals surface area contributed by atoms with Crippen LogP contribution in [0, 0.1) is 12.8 Å². The molecule has 0 fully saturated rings. The van der Waals surface area contributed by atoms with Crippen LogP contribution in [-0.2, 0) is 10.0 Å². The summed E-state index contributed by atoms with van der Waals surface area (Å²) in [6, 6.07) is 3.28. The molecule has 1 aromatic rings. The minimum absolute atomic E-state index is 0.240. The van der Waals surface area contributed by atoms with Crippen molar-refractivity contribution in [1.29, 1.82) is 0 Å². The highest BCUT2D eigenvalue weighted by Gasteiger charge is 2.18. The Labute approximate surface area is 124 Å². The van der Waals surface area contributed by atoms with E-state index in [0.717, 1.165) is 12.8 Å². The van der Waals surface area contributed by atoms with Crippen molar-refractivity contribution >= 4 is 31.6 Å². The van der Waals surface area contributed by atoms with Gasteiger partial charge in [-0.15, -0.1) is 0 Å². The predicted octanol–water partition coefficient (Wildman–Crippen LogP) is 3.05. The third-order valence-electron chi connectivity index (χ3n) is 2.90. The van der Waals surface area contributed by atoms with Crippen LogP contribution in [-0.4, -0.2) is 15.0 Å². The quantitative estimate of drug-likeness (QED) is 0.612. The maximum atomic E-state index is 12.2. The monoisotopic (exact) mass is 348 g/mol. The minimum Gasteiger partial charge on any atom is -0.398 e. The van der Waals surface area contributed by atoms with Crippen LogP contribution in [0.5, 0.6) is 0 Å². The van der Waals surface area contributed by atoms with Crippen molar-refractivity contribution in [1.82, 2.24) is 4.72 Å². The molecule has 0 spiro atoms. The number of hydrogen-bond donors (Lipinski definition) is 2. The van der Waals surface area contributed by atoms with E-state index >= 15 is 0 Å². The Hall–Kier alpha value is -0.590. The summed E-state index contributed by atoms with van der Waals surface area (Å²) < 4.78 is 27.7. The maximum Gasteiger partial charge on any atom is 0.240 e. The number of hydrogen-bond acceptors (Lipinski definition) is 3. The molecule has 0 saturated heterocycles. The van der Waals surface area contributed by atoms with Gasteiger partial charge in [0.15, 0.2) is 0 Å². The van der Waals surface area contributed by atoms with E-state index in [2.05, 4.69) is 34.5 Å². The molecule has 0 heterocycles. The second-order valence-corrected chi connectivity index (χ2v) is 7.70. The number of anilines is 1. The fraction of sp³-hybridized carbons (Fsp3) is 0.538. The third-order valence-corrected chi connectivity index (χ3v) is 4.95. The van der Waals surface area contributed by atoms with Gasteiger partial charge in [0.25, 0.3) is 0 Å². The number of sulfonamides is 1. The van der Waals surface area contributed by atoms with Gasteiger partial charge in [-0.2, -0.15) is 0 Å². The van der Waals surface area contributed by atoms with E-state index in [4.69, 9.17) is 5.73 Å². The molecule has 0 amide bonds. The lowest BCUT2D eigenvalue weighted by Crippen LogP contribution is -2.26. The van der Waals surface area contributed by atoms with Crippen LogP contribution >= 0.6 is 15.9 Å². The molecule has 0 bridgehead atoms. The molecule has 0 radical (unpaired) electrons. The molecule has 3 N–H and O–H groups in total. The van der Waals surface area contributed by atoms with Crippen LogP contribution in [0.1, 0.15) is 32.3 Å². The largest absolute Gasteiger partial charge is 0.398 e. The molecule has 1 rings (SSSR count). The summed E-state index contributed by atoms with van der Waals surface area (Å²) in [6.45, 7) is 6.40. The number of halogens is 1. The van der Waals surface area contributed by atoms with Gasteiger partial charge in [-0.1, -0.05) is 29.8 Å². The highest BCUT2D eigenvalue weighted by Crippen LogP contribution is 2.26. The molecule has 0 aliphatic carbocycles. The second kappa shape index (κ2) is 6.72.